The zero-order valence-corrected chi connectivity index (χ0v) is 8.40. The van der Waals surface area contributed by atoms with Crippen LogP contribution in [0.25, 0.3) is 11.3 Å². The van der Waals surface area contributed by atoms with Gasteiger partial charge in [-0.15, -0.1) is 0 Å². The van der Waals surface area contributed by atoms with E-state index in [0.29, 0.717) is 11.1 Å². The number of aromatic nitrogens is 1. The van der Waals surface area contributed by atoms with Crippen LogP contribution in [0.4, 0.5) is 4.39 Å². The Balaban J connectivity index is 2.59. The molecule has 0 unspecified atom stereocenters. The molecule has 2 rings (SSSR count). The molecule has 0 saturated heterocycles. The van der Waals surface area contributed by atoms with Crippen molar-refractivity contribution in [2.45, 2.75) is 6.92 Å². The first-order valence-corrected chi connectivity index (χ1v) is 4.53. The summed E-state index contributed by atoms with van der Waals surface area (Å²) in [6, 6.07) is 4.03. The van der Waals surface area contributed by atoms with Crippen molar-refractivity contribution >= 4 is 5.97 Å². The highest BCUT2D eigenvalue weighted by Crippen LogP contribution is 2.26. The van der Waals surface area contributed by atoms with Gasteiger partial charge >= 0.3 is 5.97 Å². The van der Waals surface area contributed by atoms with Crippen LogP contribution in [-0.4, -0.2) is 16.1 Å². The Labute approximate surface area is 90.4 Å². The molecule has 1 aromatic heterocycles. The average Bonchev–Trinajstić information content (AvgIpc) is 2.66. The van der Waals surface area contributed by atoms with E-state index >= 15 is 0 Å². The molecule has 5 heteroatoms. The zero-order chi connectivity index (χ0) is 11.7. The van der Waals surface area contributed by atoms with Crippen molar-refractivity contribution in [2.24, 2.45) is 0 Å². The van der Waals surface area contributed by atoms with Gasteiger partial charge in [-0.1, -0.05) is 0 Å². The molecular formula is C11H8FNO3. The number of benzene rings is 1. The predicted octanol–water partition coefficient (Wildman–Crippen LogP) is 2.49. The van der Waals surface area contributed by atoms with Gasteiger partial charge < -0.3 is 9.52 Å². The first-order valence-electron chi connectivity index (χ1n) is 4.53. The van der Waals surface area contributed by atoms with Gasteiger partial charge in [0.2, 0.25) is 0 Å². The smallest absolute Gasteiger partial charge is 0.358 e. The second-order valence-corrected chi connectivity index (χ2v) is 3.29. The van der Waals surface area contributed by atoms with Crippen molar-refractivity contribution in [2.75, 3.05) is 0 Å². The van der Waals surface area contributed by atoms with Crippen molar-refractivity contribution in [3.05, 3.63) is 41.7 Å². The Bertz CT molecular complexity index is 548. The molecule has 0 amide bonds. The number of rotatable bonds is 2. The topological polar surface area (TPSA) is 63.3 Å². The van der Waals surface area contributed by atoms with Gasteiger partial charge in [-0.3, -0.25) is 0 Å². The highest BCUT2D eigenvalue weighted by Gasteiger charge is 2.18. The zero-order valence-electron chi connectivity index (χ0n) is 8.40. The lowest BCUT2D eigenvalue weighted by molar-refractivity contribution is 0.0691. The van der Waals surface area contributed by atoms with Crippen molar-refractivity contribution in [3.63, 3.8) is 0 Å². The van der Waals surface area contributed by atoms with E-state index < -0.39 is 5.97 Å². The lowest BCUT2D eigenvalue weighted by atomic mass is 10.1. The monoisotopic (exact) mass is 221 g/mol. The van der Waals surface area contributed by atoms with Gasteiger partial charge in [-0.25, -0.2) is 14.2 Å². The summed E-state index contributed by atoms with van der Waals surface area (Å²) in [5.74, 6) is -1.41. The quantitative estimate of drug-likeness (QED) is 0.846. The van der Waals surface area contributed by atoms with Crippen LogP contribution in [0.5, 0.6) is 0 Å². The van der Waals surface area contributed by atoms with Crippen LogP contribution >= 0.6 is 0 Å². The third-order valence-electron chi connectivity index (χ3n) is 2.20. The minimum atomic E-state index is -1.17. The molecule has 0 aliphatic rings. The number of carbonyl (C=O) groups is 1. The maximum atomic E-state index is 12.9. The summed E-state index contributed by atoms with van der Waals surface area (Å²) < 4.78 is 17.9. The molecule has 0 bridgehead atoms. The number of oxazole rings is 1. The van der Waals surface area contributed by atoms with E-state index in [9.17, 15) is 9.18 Å². The molecule has 4 nitrogen and oxygen atoms in total. The molecule has 82 valence electrons. The molecule has 1 heterocycles. The van der Waals surface area contributed by atoms with Gasteiger partial charge in [0.15, 0.2) is 17.8 Å². The van der Waals surface area contributed by atoms with Gasteiger partial charge in [0, 0.05) is 5.56 Å². The molecule has 0 aliphatic carbocycles. The Morgan fingerprint density at radius 2 is 2.25 bits per heavy atom. The number of halogens is 1. The van der Waals surface area contributed by atoms with Crippen LogP contribution in [-0.2, 0) is 0 Å². The Morgan fingerprint density at radius 3 is 2.88 bits per heavy atom. The summed E-state index contributed by atoms with van der Waals surface area (Å²) in [5.41, 5.74) is 0.949. The molecule has 0 aliphatic heterocycles. The maximum Gasteiger partial charge on any atom is 0.358 e. The van der Waals surface area contributed by atoms with E-state index in [2.05, 4.69) is 4.98 Å². The minimum Gasteiger partial charge on any atom is -0.476 e. The average molecular weight is 221 g/mol. The Hall–Kier alpha value is -2.17. The van der Waals surface area contributed by atoms with E-state index in [4.69, 9.17) is 9.52 Å². The number of nitrogens with zero attached hydrogens (tertiary/aromatic N) is 1. The number of hydrogen-bond donors (Lipinski definition) is 1. The fraction of sp³-hybridized carbons (Fsp3) is 0.0909. The molecule has 0 spiro atoms. The van der Waals surface area contributed by atoms with E-state index in [1.165, 1.54) is 18.2 Å². The standard InChI is InChI=1S/C11H8FNO3/c1-6-4-7(12)2-3-8(6)10-9(11(14)15)13-5-16-10/h2-5H,1H3,(H,14,15). The summed E-state index contributed by atoms with van der Waals surface area (Å²) in [4.78, 5) is 14.4. The largest absolute Gasteiger partial charge is 0.476 e. The SMILES string of the molecule is Cc1cc(F)ccc1-c1ocnc1C(=O)O. The van der Waals surface area contributed by atoms with Crippen molar-refractivity contribution in [3.8, 4) is 11.3 Å². The summed E-state index contributed by atoms with van der Waals surface area (Å²) in [6.45, 7) is 1.67. The Kier molecular flexibility index (Phi) is 2.44. The van der Waals surface area contributed by atoms with Gasteiger partial charge in [-0.2, -0.15) is 0 Å². The summed E-state index contributed by atoms with van der Waals surface area (Å²) in [6.07, 6.45) is 1.06. The highest BCUT2D eigenvalue weighted by atomic mass is 19.1. The molecule has 2 aromatic rings. The highest BCUT2D eigenvalue weighted by molar-refractivity contribution is 5.92. The van der Waals surface area contributed by atoms with Gasteiger partial charge in [-0.05, 0) is 30.7 Å². The molecule has 0 atom stereocenters. The second kappa shape index (κ2) is 3.77. The van der Waals surface area contributed by atoms with E-state index in [-0.39, 0.29) is 17.3 Å². The summed E-state index contributed by atoms with van der Waals surface area (Å²) in [7, 11) is 0. The molecule has 0 saturated carbocycles. The fourth-order valence-electron chi connectivity index (χ4n) is 1.47. The fourth-order valence-corrected chi connectivity index (χ4v) is 1.47. The van der Waals surface area contributed by atoms with Crippen molar-refractivity contribution in [1.29, 1.82) is 0 Å². The second-order valence-electron chi connectivity index (χ2n) is 3.29. The number of aryl methyl sites for hydroxylation is 1. The molecular weight excluding hydrogens is 213 g/mol. The predicted molar refractivity (Wildman–Crippen MR) is 53.6 cm³/mol. The van der Waals surface area contributed by atoms with Crippen molar-refractivity contribution in [1.82, 2.24) is 4.98 Å². The molecule has 0 radical (unpaired) electrons. The van der Waals surface area contributed by atoms with Crippen molar-refractivity contribution < 1.29 is 18.7 Å². The van der Waals surface area contributed by atoms with Crippen LogP contribution < -0.4 is 0 Å². The van der Waals surface area contributed by atoms with Crippen LogP contribution in [0.3, 0.4) is 0 Å². The van der Waals surface area contributed by atoms with Crippen LogP contribution in [0.15, 0.2) is 29.0 Å². The third-order valence-corrected chi connectivity index (χ3v) is 2.20. The van der Waals surface area contributed by atoms with E-state index in [1.54, 1.807) is 6.92 Å². The first-order chi connectivity index (χ1) is 7.59. The van der Waals surface area contributed by atoms with Crippen LogP contribution in [0.2, 0.25) is 0 Å². The number of carboxylic acid groups (broad SMARTS) is 1. The normalized spacial score (nSPS) is 10.4. The molecule has 1 N–H and O–H groups in total. The van der Waals surface area contributed by atoms with Gasteiger partial charge in [0.25, 0.3) is 0 Å². The number of aromatic carboxylic acids is 1. The number of carboxylic acids is 1. The lowest BCUT2D eigenvalue weighted by Crippen LogP contribution is -1.99. The lowest BCUT2D eigenvalue weighted by Gasteiger charge is -2.02. The van der Waals surface area contributed by atoms with Gasteiger partial charge in [0.05, 0.1) is 0 Å². The minimum absolute atomic E-state index is 0.144. The molecule has 16 heavy (non-hydrogen) atoms. The Morgan fingerprint density at radius 1 is 1.50 bits per heavy atom. The van der Waals surface area contributed by atoms with Gasteiger partial charge in [0.1, 0.15) is 5.82 Å². The van der Waals surface area contributed by atoms with E-state index in [0.717, 1.165) is 6.39 Å². The summed E-state index contributed by atoms with van der Waals surface area (Å²) >= 11 is 0. The first kappa shape index (κ1) is 10.4. The van der Waals surface area contributed by atoms with Crippen LogP contribution in [0.1, 0.15) is 16.1 Å². The third kappa shape index (κ3) is 1.67. The molecule has 0 fully saturated rings. The number of hydrogen-bond acceptors (Lipinski definition) is 3. The maximum absolute atomic E-state index is 12.9. The summed E-state index contributed by atoms with van der Waals surface area (Å²) in [5, 5.41) is 8.86. The van der Waals surface area contributed by atoms with Crippen LogP contribution in [0, 0.1) is 12.7 Å². The molecule has 1 aromatic carbocycles. The van der Waals surface area contributed by atoms with E-state index in [1.807, 2.05) is 0 Å².